The summed E-state index contributed by atoms with van der Waals surface area (Å²) in [6.45, 7) is 10.8. The van der Waals surface area contributed by atoms with Crippen LogP contribution in [-0.2, 0) is 4.74 Å². The molecule has 0 fully saturated rings. The molecule has 0 aliphatic rings. The van der Waals surface area contributed by atoms with Crippen molar-refractivity contribution in [2.45, 2.75) is 71.8 Å². The van der Waals surface area contributed by atoms with E-state index in [0.29, 0.717) is 6.10 Å². The van der Waals surface area contributed by atoms with Crippen molar-refractivity contribution >= 4 is 0 Å². The van der Waals surface area contributed by atoms with Gasteiger partial charge in [0.05, 0.1) is 6.10 Å². The molecule has 0 aromatic carbocycles. The van der Waals surface area contributed by atoms with E-state index in [4.69, 9.17) is 4.74 Å². The van der Waals surface area contributed by atoms with Crippen molar-refractivity contribution in [3.63, 3.8) is 0 Å². The smallest absolute Gasteiger partial charge is 0.0543 e. The Balaban J connectivity index is 3.34. The molecule has 0 aromatic rings. The highest BCUT2D eigenvalue weighted by Gasteiger charge is 2.06. The lowest BCUT2D eigenvalue weighted by atomic mass is 9.94. The first kappa shape index (κ1) is 16.0. The molecule has 3 unspecified atom stereocenters. The van der Waals surface area contributed by atoms with Crippen LogP contribution in [0, 0.1) is 18.8 Å². The van der Waals surface area contributed by atoms with Crippen molar-refractivity contribution < 1.29 is 4.74 Å². The average Bonchev–Trinajstić information content (AvgIpc) is 2.28. The van der Waals surface area contributed by atoms with Gasteiger partial charge in [-0.1, -0.05) is 59.3 Å². The Hall–Kier alpha value is -0.0400. The van der Waals surface area contributed by atoms with Crippen molar-refractivity contribution in [2.75, 3.05) is 7.11 Å². The zero-order valence-electron chi connectivity index (χ0n) is 11.8. The highest BCUT2D eigenvalue weighted by atomic mass is 16.5. The van der Waals surface area contributed by atoms with Crippen molar-refractivity contribution in [2.24, 2.45) is 11.8 Å². The fraction of sp³-hybridized carbons (Fsp3) is 0.933. The van der Waals surface area contributed by atoms with Gasteiger partial charge in [-0.05, 0) is 25.2 Å². The van der Waals surface area contributed by atoms with Crippen molar-refractivity contribution in [3.05, 3.63) is 6.92 Å². The molecule has 1 nitrogen and oxygen atoms in total. The molecule has 0 rings (SSSR count). The van der Waals surface area contributed by atoms with Crippen LogP contribution in [0.1, 0.15) is 65.7 Å². The summed E-state index contributed by atoms with van der Waals surface area (Å²) in [7, 11) is 1.80. The summed E-state index contributed by atoms with van der Waals surface area (Å²) < 4.78 is 5.25. The van der Waals surface area contributed by atoms with E-state index in [-0.39, 0.29) is 0 Å². The largest absolute Gasteiger partial charge is 0.382 e. The van der Waals surface area contributed by atoms with E-state index in [0.717, 1.165) is 18.3 Å². The molecule has 3 atom stereocenters. The van der Waals surface area contributed by atoms with E-state index in [9.17, 15) is 0 Å². The topological polar surface area (TPSA) is 9.23 Å². The molecule has 0 amide bonds. The molecule has 0 heterocycles. The third-order valence-corrected chi connectivity index (χ3v) is 3.60. The maximum atomic E-state index is 5.25. The number of ether oxygens (including phenoxy) is 1. The van der Waals surface area contributed by atoms with Gasteiger partial charge in [-0.3, -0.25) is 0 Å². The lowest BCUT2D eigenvalue weighted by Crippen LogP contribution is -2.05. The molecular weight excluding hydrogens is 196 g/mol. The molecule has 16 heavy (non-hydrogen) atoms. The van der Waals surface area contributed by atoms with Gasteiger partial charge in [0.25, 0.3) is 0 Å². The second kappa shape index (κ2) is 10.1. The predicted molar refractivity (Wildman–Crippen MR) is 72.5 cm³/mol. The number of rotatable bonds is 10. The Labute approximate surface area is 103 Å². The third-order valence-electron chi connectivity index (χ3n) is 3.60. The molecule has 97 valence electrons. The molecular formula is C15H31O. The molecule has 0 aliphatic heterocycles. The van der Waals surface area contributed by atoms with Crippen LogP contribution in [0.5, 0.6) is 0 Å². The minimum absolute atomic E-state index is 0.429. The van der Waals surface area contributed by atoms with Gasteiger partial charge in [0, 0.05) is 7.11 Å². The average molecular weight is 227 g/mol. The van der Waals surface area contributed by atoms with Gasteiger partial charge in [-0.25, -0.2) is 0 Å². The minimum Gasteiger partial charge on any atom is -0.382 e. The number of hydrogen-bond donors (Lipinski definition) is 0. The Morgan fingerprint density at radius 1 is 0.875 bits per heavy atom. The molecule has 1 heteroatoms. The predicted octanol–water partition coefficient (Wildman–Crippen LogP) is 4.86. The second-order valence-corrected chi connectivity index (χ2v) is 5.41. The van der Waals surface area contributed by atoms with Gasteiger partial charge < -0.3 is 4.74 Å². The molecule has 0 bridgehead atoms. The van der Waals surface area contributed by atoms with Crippen LogP contribution in [0.3, 0.4) is 0 Å². The molecule has 0 N–H and O–H groups in total. The van der Waals surface area contributed by atoms with Crippen LogP contribution in [0.25, 0.3) is 0 Å². The van der Waals surface area contributed by atoms with Crippen molar-refractivity contribution in [1.29, 1.82) is 0 Å². The SMILES string of the molecule is [CH2]CC(C)CCCC(C)CCCC(C)OC. The molecule has 0 aromatic heterocycles. The number of methoxy groups -OCH3 is 1. The number of hydrogen-bond acceptors (Lipinski definition) is 1. The maximum absolute atomic E-state index is 5.25. The Morgan fingerprint density at radius 2 is 1.38 bits per heavy atom. The van der Waals surface area contributed by atoms with E-state index in [1.165, 1.54) is 38.5 Å². The summed E-state index contributed by atoms with van der Waals surface area (Å²) in [5, 5.41) is 0. The zero-order chi connectivity index (χ0) is 12.4. The first-order chi connectivity index (χ1) is 7.60. The Bertz CT molecular complexity index is 128. The van der Waals surface area contributed by atoms with Crippen LogP contribution < -0.4 is 0 Å². The Kier molecular flexibility index (Phi) is 10.1. The normalized spacial score (nSPS) is 17.1. The van der Waals surface area contributed by atoms with Crippen LogP contribution in [-0.4, -0.2) is 13.2 Å². The summed E-state index contributed by atoms with van der Waals surface area (Å²) in [6.07, 6.45) is 9.48. The van der Waals surface area contributed by atoms with Crippen molar-refractivity contribution in [3.8, 4) is 0 Å². The van der Waals surface area contributed by atoms with E-state index in [2.05, 4.69) is 27.7 Å². The van der Waals surface area contributed by atoms with E-state index >= 15 is 0 Å². The van der Waals surface area contributed by atoms with Gasteiger partial charge in [-0.15, -0.1) is 0 Å². The molecule has 0 spiro atoms. The summed E-state index contributed by atoms with van der Waals surface area (Å²) in [5.74, 6) is 1.68. The molecule has 0 aliphatic carbocycles. The summed E-state index contributed by atoms with van der Waals surface area (Å²) in [6, 6.07) is 0. The Morgan fingerprint density at radius 3 is 1.88 bits per heavy atom. The quantitative estimate of drug-likeness (QED) is 0.518. The van der Waals surface area contributed by atoms with Crippen LogP contribution >= 0.6 is 0 Å². The van der Waals surface area contributed by atoms with Gasteiger partial charge in [-0.2, -0.15) is 0 Å². The standard InChI is InChI=1S/C15H31O/c1-6-13(2)9-7-10-14(3)11-8-12-15(4)16-5/h13-15H,1,6-12H2,2-5H3. The van der Waals surface area contributed by atoms with E-state index < -0.39 is 0 Å². The minimum atomic E-state index is 0.429. The fourth-order valence-corrected chi connectivity index (χ4v) is 1.98. The summed E-state index contributed by atoms with van der Waals surface area (Å²) in [5.41, 5.74) is 0. The molecule has 0 saturated carbocycles. The fourth-order valence-electron chi connectivity index (χ4n) is 1.98. The van der Waals surface area contributed by atoms with Gasteiger partial charge in [0.15, 0.2) is 0 Å². The third kappa shape index (κ3) is 9.21. The molecule has 0 saturated heterocycles. The van der Waals surface area contributed by atoms with E-state index in [1.807, 2.05) is 0 Å². The highest BCUT2D eigenvalue weighted by molar-refractivity contribution is 4.60. The maximum Gasteiger partial charge on any atom is 0.0543 e. The monoisotopic (exact) mass is 227 g/mol. The van der Waals surface area contributed by atoms with Gasteiger partial charge >= 0.3 is 0 Å². The van der Waals surface area contributed by atoms with Gasteiger partial charge in [0.1, 0.15) is 0 Å². The van der Waals surface area contributed by atoms with Crippen molar-refractivity contribution in [1.82, 2.24) is 0 Å². The highest BCUT2D eigenvalue weighted by Crippen LogP contribution is 2.19. The lowest BCUT2D eigenvalue weighted by Gasteiger charge is -2.14. The molecule has 1 radical (unpaired) electrons. The first-order valence-corrected chi connectivity index (χ1v) is 6.92. The summed E-state index contributed by atoms with van der Waals surface area (Å²) in [4.78, 5) is 0. The first-order valence-electron chi connectivity index (χ1n) is 6.92. The van der Waals surface area contributed by atoms with E-state index in [1.54, 1.807) is 7.11 Å². The lowest BCUT2D eigenvalue weighted by molar-refractivity contribution is 0.107. The van der Waals surface area contributed by atoms with Crippen LogP contribution in [0.4, 0.5) is 0 Å². The van der Waals surface area contributed by atoms with Crippen LogP contribution in [0.2, 0.25) is 0 Å². The second-order valence-electron chi connectivity index (χ2n) is 5.41. The van der Waals surface area contributed by atoms with Gasteiger partial charge in [0.2, 0.25) is 0 Å². The van der Waals surface area contributed by atoms with Crippen LogP contribution in [0.15, 0.2) is 0 Å². The summed E-state index contributed by atoms with van der Waals surface area (Å²) >= 11 is 0. The zero-order valence-corrected chi connectivity index (χ0v) is 11.8.